The van der Waals surface area contributed by atoms with Crippen molar-refractivity contribution in [3.05, 3.63) is 33.8 Å². The van der Waals surface area contributed by atoms with Crippen molar-refractivity contribution in [3.63, 3.8) is 0 Å². The maximum atomic E-state index is 5.48. The highest BCUT2D eigenvalue weighted by Crippen LogP contribution is 2.34. The molecule has 2 aromatic rings. The van der Waals surface area contributed by atoms with E-state index in [-0.39, 0.29) is 0 Å². The summed E-state index contributed by atoms with van der Waals surface area (Å²) >= 11 is 1.66. The van der Waals surface area contributed by atoms with E-state index in [4.69, 9.17) is 14.2 Å². The van der Waals surface area contributed by atoms with Crippen LogP contribution in [0.25, 0.3) is 0 Å². The zero-order valence-corrected chi connectivity index (χ0v) is 18.3. The first-order chi connectivity index (χ1) is 13.5. The first kappa shape index (κ1) is 21.8. The lowest BCUT2D eigenvalue weighted by molar-refractivity contribution is 0.347. The monoisotopic (exact) mass is 406 g/mol. The summed E-state index contributed by atoms with van der Waals surface area (Å²) in [4.78, 5) is 9.33. The molecule has 154 valence electrons. The van der Waals surface area contributed by atoms with Gasteiger partial charge in [0.2, 0.25) is 0 Å². The number of nitrogens with one attached hydrogen (secondary N) is 2. The Labute approximate surface area is 171 Å². The smallest absolute Gasteiger partial charge is 0.191 e. The standard InChI is InChI=1S/C20H30N4O3S/c1-7-21-20(23-11-19-24-15(12-28-19)13(2)3)22-10-14-8-17(26-5)18(27-6)9-16(14)25-4/h8-9,12-13H,7,10-11H2,1-6H3,(H2,21,22,23). The molecule has 2 rings (SSSR count). The van der Waals surface area contributed by atoms with Crippen LogP contribution >= 0.6 is 11.3 Å². The van der Waals surface area contributed by atoms with Crippen LogP contribution in [0.1, 0.15) is 43.0 Å². The summed E-state index contributed by atoms with van der Waals surface area (Å²) in [5.74, 6) is 3.14. The van der Waals surface area contributed by atoms with Gasteiger partial charge in [0.25, 0.3) is 0 Å². The van der Waals surface area contributed by atoms with Crippen molar-refractivity contribution in [1.82, 2.24) is 15.6 Å². The second-order valence-electron chi connectivity index (χ2n) is 6.39. The highest BCUT2D eigenvalue weighted by molar-refractivity contribution is 7.09. The van der Waals surface area contributed by atoms with Gasteiger partial charge in [0.05, 0.1) is 40.1 Å². The van der Waals surface area contributed by atoms with Gasteiger partial charge in [-0.1, -0.05) is 13.8 Å². The summed E-state index contributed by atoms with van der Waals surface area (Å²) in [5.41, 5.74) is 2.03. The van der Waals surface area contributed by atoms with Gasteiger partial charge in [-0.25, -0.2) is 9.98 Å². The summed E-state index contributed by atoms with van der Waals surface area (Å²) in [6, 6.07) is 3.70. The van der Waals surface area contributed by atoms with Crippen molar-refractivity contribution in [1.29, 1.82) is 0 Å². The van der Waals surface area contributed by atoms with E-state index in [0.717, 1.165) is 28.8 Å². The summed E-state index contributed by atoms with van der Waals surface area (Å²) in [6.07, 6.45) is 0. The third-order valence-electron chi connectivity index (χ3n) is 4.11. The molecule has 0 atom stereocenters. The van der Waals surface area contributed by atoms with Gasteiger partial charge in [0.15, 0.2) is 17.5 Å². The van der Waals surface area contributed by atoms with Crippen molar-refractivity contribution in [2.45, 2.75) is 39.8 Å². The van der Waals surface area contributed by atoms with E-state index in [0.29, 0.717) is 36.3 Å². The zero-order valence-electron chi connectivity index (χ0n) is 17.5. The van der Waals surface area contributed by atoms with Gasteiger partial charge in [-0.05, 0) is 18.9 Å². The van der Waals surface area contributed by atoms with Crippen molar-refractivity contribution in [3.8, 4) is 17.2 Å². The molecular weight excluding hydrogens is 376 g/mol. The molecule has 0 aliphatic heterocycles. The third kappa shape index (κ3) is 5.76. The number of nitrogens with zero attached hydrogens (tertiary/aromatic N) is 2. The number of aromatic nitrogens is 1. The molecule has 0 fully saturated rings. The van der Waals surface area contributed by atoms with Crippen LogP contribution in [0.15, 0.2) is 22.5 Å². The number of hydrogen-bond acceptors (Lipinski definition) is 6. The minimum Gasteiger partial charge on any atom is -0.496 e. The molecule has 0 spiro atoms. The van der Waals surface area contributed by atoms with Crippen LogP contribution in [0.3, 0.4) is 0 Å². The number of rotatable bonds is 9. The Morgan fingerprint density at radius 1 is 1.07 bits per heavy atom. The topological polar surface area (TPSA) is 77.0 Å². The van der Waals surface area contributed by atoms with E-state index in [1.54, 1.807) is 32.7 Å². The van der Waals surface area contributed by atoms with Gasteiger partial charge in [-0.3, -0.25) is 0 Å². The molecule has 0 radical (unpaired) electrons. The lowest BCUT2D eigenvalue weighted by Crippen LogP contribution is -2.36. The lowest BCUT2D eigenvalue weighted by Gasteiger charge is -2.14. The number of aliphatic imine (C=N–C) groups is 1. The predicted molar refractivity (Wildman–Crippen MR) is 114 cm³/mol. The summed E-state index contributed by atoms with van der Waals surface area (Å²) in [5, 5.41) is 9.75. The Morgan fingerprint density at radius 3 is 2.32 bits per heavy atom. The van der Waals surface area contributed by atoms with Gasteiger partial charge in [-0.15, -0.1) is 11.3 Å². The number of methoxy groups -OCH3 is 3. The molecule has 0 aliphatic carbocycles. The highest BCUT2D eigenvalue weighted by Gasteiger charge is 2.12. The van der Waals surface area contributed by atoms with E-state index < -0.39 is 0 Å². The number of thiazole rings is 1. The van der Waals surface area contributed by atoms with Gasteiger partial charge in [0, 0.05) is 23.6 Å². The van der Waals surface area contributed by atoms with Crippen LogP contribution in [0.5, 0.6) is 17.2 Å². The molecule has 0 saturated carbocycles. The summed E-state index contributed by atoms with van der Waals surface area (Å²) in [7, 11) is 4.85. The Balaban J connectivity index is 2.12. The molecule has 0 unspecified atom stereocenters. The van der Waals surface area contributed by atoms with Gasteiger partial charge in [-0.2, -0.15) is 0 Å². The molecule has 0 bridgehead atoms. The average Bonchev–Trinajstić information content (AvgIpc) is 3.18. The zero-order chi connectivity index (χ0) is 20.5. The van der Waals surface area contributed by atoms with Gasteiger partial charge in [0.1, 0.15) is 10.8 Å². The van der Waals surface area contributed by atoms with E-state index in [9.17, 15) is 0 Å². The quantitative estimate of drug-likeness (QED) is 0.490. The average molecular weight is 407 g/mol. The minimum atomic E-state index is 0.435. The van der Waals surface area contributed by atoms with Gasteiger partial charge < -0.3 is 24.8 Å². The molecule has 7 nitrogen and oxygen atoms in total. The third-order valence-corrected chi connectivity index (χ3v) is 4.97. The second kappa shape index (κ2) is 10.8. The lowest BCUT2D eigenvalue weighted by atomic mass is 10.1. The number of guanidine groups is 1. The fourth-order valence-corrected chi connectivity index (χ4v) is 3.45. The minimum absolute atomic E-state index is 0.435. The van der Waals surface area contributed by atoms with E-state index in [1.807, 2.05) is 19.1 Å². The highest BCUT2D eigenvalue weighted by atomic mass is 32.1. The Hall–Kier alpha value is -2.48. The van der Waals surface area contributed by atoms with Crippen LogP contribution in [-0.4, -0.2) is 38.8 Å². The largest absolute Gasteiger partial charge is 0.496 e. The normalized spacial score (nSPS) is 11.5. The molecule has 1 aromatic heterocycles. The van der Waals surface area contributed by atoms with E-state index >= 15 is 0 Å². The second-order valence-corrected chi connectivity index (χ2v) is 7.33. The molecule has 1 heterocycles. The Bertz CT molecular complexity index is 790. The SMILES string of the molecule is CCNC(=NCc1cc(OC)c(OC)cc1OC)NCc1nc(C(C)C)cs1. The molecule has 0 amide bonds. The fraction of sp³-hybridized carbons (Fsp3) is 0.500. The molecular formula is C20H30N4O3S. The first-order valence-corrected chi connectivity index (χ1v) is 10.2. The Kier molecular flexibility index (Phi) is 8.38. The number of benzene rings is 1. The van der Waals surface area contributed by atoms with Crippen molar-refractivity contribution < 1.29 is 14.2 Å². The maximum Gasteiger partial charge on any atom is 0.191 e. The van der Waals surface area contributed by atoms with Crippen molar-refractivity contribution >= 4 is 17.3 Å². The maximum absolute atomic E-state index is 5.48. The molecule has 0 aliphatic rings. The van der Waals surface area contributed by atoms with Gasteiger partial charge >= 0.3 is 0 Å². The molecule has 28 heavy (non-hydrogen) atoms. The summed E-state index contributed by atoms with van der Waals surface area (Å²) < 4.78 is 16.2. The van der Waals surface area contributed by atoms with Crippen LogP contribution < -0.4 is 24.8 Å². The molecule has 2 N–H and O–H groups in total. The fourth-order valence-electron chi connectivity index (χ4n) is 2.55. The van der Waals surface area contributed by atoms with Crippen LogP contribution in [0.4, 0.5) is 0 Å². The van der Waals surface area contributed by atoms with E-state index in [2.05, 4.69) is 39.8 Å². The van der Waals surface area contributed by atoms with Crippen LogP contribution in [0.2, 0.25) is 0 Å². The van der Waals surface area contributed by atoms with E-state index in [1.165, 1.54) is 0 Å². The van der Waals surface area contributed by atoms with Crippen molar-refractivity contribution in [2.75, 3.05) is 27.9 Å². The first-order valence-electron chi connectivity index (χ1n) is 9.27. The Morgan fingerprint density at radius 2 is 1.75 bits per heavy atom. The molecule has 8 heteroatoms. The van der Waals surface area contributed by atoms with Crippen LogP contribution in [0, 0.1) is 0 Å². The summed E-state index contributed by atoms with van der Waals surface area (Å²) in [6.45, 7) is 8.17. The molecule has 0 saturated heterocycles. The molecule has 1 aromatic carbocycles. The van der Waals surface area contributed by atoms with Crippen molar-refractivity contribution in [2.24, 2.45) is 4.99 Å². The predicted octanol–water partition coefficient (Wildman–Crippen LogP) is 3.55. The number of ether oxygens (including phenoxy) is 3. The number of hydrogen-bond donors (Lipinski definition) is 2. The van der Waals surface area contributed by atoms with Crippen LogP contribution in [-0.2, 0) is 13.1 Å².